The molecule has 1 N–H and O–H groups in total. The van der Waals surface area contributed by atoms with Gasteiger partial charge in [0.15, 0.2) is 0 Å². The molecule has 0 aliphatic carbocycles. The van der Waals surface area contributed by atoms with E-state index >= 15 is 0 Å². The Bertz CT molecular complexity index is 956. The van der Waals surface area contributed by atoms with E-state index < -0.39 is 15.9 Å². The molecule has 0 atom stereocenters. The zero-order valence-corrected chi connectivity index (χ0v) is 18.9. The molecule has 0 saturated carbocycles. The fourth-order valence-electron chi connectivity index (χ4n) is 2.90. The van der Waals surface area contributed by atoms with Crippen molar-refractivity contribution in [1.29, 1.82) is 0 Å². The maximum Gasteiger partial charge on any atom is 0.251 e. The summed E-state index contributed by atoms with van der Waals surface area (Å²) in [5.41, 5.74) is 0.970. The third-order valence-corrected chi connectivity index (χ3v) is 7.25. The summed E-state index contributed by atoms with van der Waals surface area (Å²) in [4.78, 5) is 12.5. The predicted molar refractivity (Wildman–Crippen MR) is 116 cm³/mol. The number of ether oxygens (including phenoxy) is 1. The summed E-state index contributed by atoms with van der Waals surface area (Å²) in [6.45, 7) is 4.44. The molecule has 0 fully saturated rings. The van der Waals surface area contributed by atoms with Crippen LogP contribution in [0.5, 0.6) is 5.75 Å². The first-order valence-corrected chi connectivity index (χ1v) is 11.3. The molecule has 0 aliphatic heterocycles. The van der Waals surface area contributed by atoms with Crippen molar-refractivity contribution in [2.45, 2.75) is 25.2 Å². The van der Waals surface area contributed by atoms with E-state index in [0.717, 1.165) is 5.56 Å². The summed E-state index contributed by atoms with van der Waals surface area (Å²) in [6, 6.07) is 9.57. The van der Waals surface area contributed by atoms with Crippen LogP contribution in [0.1, 0.15) is 29.8 Å². The van der Waals surface area contributed by atoms with Crippen LogP contribution in [0, 0.1) is 0 Å². The molecule has 2 rings (SSSR count). The van der Waals surface area contributed by atoms with Crippen LogP contribution in [0.3, 0.4) is 0 Å². The van der Waals surface area contributed by atoms with Gasteiger partial charge in [0.1, 0.15) is 10.6 Å². The van der Waals surface area contributed by atoms with E-state index in [1.165, 1.54) is 29.6 Å². The van der Waals surface area contributed by atoms with Crippen molar-refractivity contribution in [3.8, 4) is 5.75 Å². The lowest BCUT2D eigenvalue weighted by atomic mass is 10.1. The summed E-state index contributed by atoms with van der Waals surface area (Å²) in [7, 11) is -2.39. The molecular weight excluding hydrogens is 435 g/mol. The van der Waals surface area contributed by atoms with Gasteiger partial charge in [0.2, 0.25) is 10.0 Å². The summed E-state index contributed by atoms with van der Waals surface area (Å²) in [5.74, 6) is -0.205. The molecule has 158 valence electrons. The lowest BCUT2D eigenvalue weighted by Gasteiger charge is -2.20. The van der Waals surface area contributed by atoms with Crippen LogP contribution in [0.25, 0.3) is 0 Å². The predicted octanol–water partition coefficient (Wildman–Crippen LogP) is 4.01. The van der Waals surface area contributed by atoms with Crippen LogP contribution in [-0.4, -0.2) is 45.4 Å². The second kappa shape index (κ2) is 10.3. The highest BCUT2D eigenvalue weighted by Crippen LogP contribution is 2.28. The number of nitrogens with zero attached hydrogens (tertiary/aromatic N) is 1. The van der Waals surface area contributed by atoms with Gasteiger partial charge in [-0.2, -0.15) is 4.31 Å². The van der Waals surface area contributed by atoms with Gasteiger partial charge in [0, 0.05) is 35.2 Å². The molecule has 9 heteroatoms. The third-order valence-electron chi connectivity index (χ3n) is 4.47. The Kier molecular flexibility index (Phi) is 8.34. The molecule has 0 spiro atoms. The molecule has 0 bridgehead atoms. The van der Waals surface area contributed by atoms with Crippen molar-refractivity contribution in [3.05, 3.63) is 57.6 Å². The van der Waals surface area contributed by atoms with Gasteiger partial charge in [-0.25, -0.2) is 8.42 Å². The zero-order chi connectivity index (χ0) is 21.6. The van der Waals surface area contributed by atoms with Crippen molar-refractivity contribution in [2.75, 3.05) is 26.7 Å². The van der Waals surface area contributed by atoms with Gasteiger partial charge in [-0.05, 0) is 42.3 Å². The first kappa shape index (κ1) is 23.5. The number of hydrogen-bond donors (Lipinski definition) is 1. The maximum atomic E-state index is 12.9. The topological polar surface area (TPSA) is 75.7 Å². The molecule has 1 amide bonds. The lowest BCUT2D eigenvalue weighted by Crippen LogP contribution is -2.31. The number of carbonyl (C=O) groups is 1. The van der Waals surface area contributed by atoms with Gasteiger partial charge in [-0.3, -0.25) is 4.79 Å². The highest BCUT2D eigenvalue weighted by atomic mass is 35.5. The number of amides is 1. The standard InChI is InChI=1S/C20H24Cl2N2O4S/c1-4-24(5-2)29(26,27)19-13-14(9-10-18(19)28-3)20(25)23-12-11-15-16(21)7-6-8-17(15)22/h6-10,13H,4-5,11-12H2,1-3H3,(H,23,25). The molecule has 6 nitrogen and oxygen atoms in total. The molecule has 0 heterocycles. The Balaban J connectivity index is 2.21. The van der Waals surface area contributed by atoms with Crippen molar-refractivity contribution < 1.29 is 17.9 Å². The Hall–Kier alpha value is -1.80. The number of carbonyl (C=O) groups excluding carboxylic acids is 1. The van der Waals surface area contributed by atoms with Gasteiger partial charge in [-0.15, -0.1) is 0 Å². The molecular formula is C20H24Cl2N2O4S. The molecule has 0 radical (unpaired) electrons. The molecule has 0 aliphatic rings. The second-order valence-electron chi connectivity index (χ2n) is 6.16. The molecule has 0 aromatic heterocycles. The highest BCUT2D eigenvalue weighted by molar-refractivity contribution is 7.89. The van der Waals surface area contributed by atoms with Gasteiger partial charge in [-0.1, -0.05) is 43.1 Å². The van der Waals surface area contributed by atoms with Crippen molar-refractivity contribution >= 4 is 39.1 Å². The zero-order valence-electron chi connectivity index (χ0n) is 16.5. The number of hydrogen-bond acceptors (Lipinski definition) is 4. The summed E-state index contributed by atoms with van der Waals surface area (Å²) >= 11 is 12.3. The Morgan fingerprint density at radius 3 is 2.28 bits per heavy atom. The van der Waals surface area contributed by atoms with E-state index in [1.54, 1.807) is 32.0 Å². The minimum atomic E-state index is -3.78. The number of rotatable bonds is 9. The van der Waals surface area contributed by atoms with Gasteiger partial charge >= 0.3 is 0 Å². The maximum absolute atomic E-state index is 12.9. The normalized spacial score (nSPS) is 11.5. The van der Waals surface area contributed by atoms with Gasteiger partial charge < -0.3 is 10.1 Å². The first-order chi connectivity index (χ1) is 13.8. The fourth-order valence-corrected chi connectivity index (χ4v) is 5.12. The summed E-state index contributed by atoms with van der Waals surface area (Å²) < 4.78 is 32.3. The van der Waals surface area contributed by atoms with Crippen LogP contribution >= 0.6 is 23.2 Å². The summed E-state index contributed by atoms with van der Waals surface area (Å²) in [6.07, 6.45) is 0.449. The monoisotopic (exact) mass is 458 g/mol. The lowest BCUT2D eigenvalue weighted by molar-refractivity contribution is 0.0954. The Labute approximate surface area is 181 Å². The number of methoxy groups -OCH3 is 1. The van der Waals surface area contributed by atoms with Gasteiger partial charge in [0.25, 0.3) is 5.91 Å². The highest BCUT2D eigenvalue weighted by Gasteiger charge is 2.26. The smallest absolute Gasteiger partial charge is 0.251 e. The van der Waals surface area contributed by atoms with E-state index in [0.29, 0.717) is 36.1 Å². The van der Waals surface area contributed by atoms with Gasteiger partial charge in [0.05, 0.1) is 7.11 Å². The Morgan fingerprint density at radius 1 is 1.10 bits per heavy atom. The van der Waals surface area contributed by atoms with Crippen LogP contribution in [0.4, 0.5) is 0 Å². The van der Waals surface area contributed by atoms with Crippen LogP contribution in [0.15, 0.2) is 41.3 Å². The van der Waals surface area contributed by atoms with E-state index in [-0.39, 0.29) is 16.2 Å². The fraction of sp³-hybridized carbons (Fsp3) is 0.350. The van der Waals surface area contributed by atoms with Crippen LogP contribution in [-0.2, 0) is 16.4 Å². The average molecular weight is 459 g/mol. The number of halogens is 2. The van der Waals surface area contributed by atoms with Crippen molar-refractivity contribution in [1.82, 2.24) is 9.62 Å². The SMILES string of the molecule is CCN(CC)S(=O)(=O)c1cc(C(=O)NCCc2c(Cl)cccc2Cl)ccc1OC. The second-order valence-corrected chi connectivity index (χ2v) is 8.88. The molecule has 0 saturated heterocycles. The van der Waals surface area contributed by atoms with Crippen LogP contribution < -0.4 is 10.1 Å². The number of sulfonamides is 1. The largest absolute Gasteiger partial charge is 0.495 e. The summed E-state index contributed by atoms with van der Waals surface area (Å²) in [5, 5.41) is 3.83. The minimum absolute atomic E-state index is 0.0366. The first-order valence-electron chi connectivity index (χ1n) is 9.15. The molecule has 2 aromatic rings. The third kappa shape index (κ3) is 5.42. The Morgan fingerprint density at radius 2 is 1.72 bits per heavy atom. The van der Waals surface area contributed by atoms with E-state index in [1.807, 2.05) is 0 Å². The number of nitrogens with one attached hydrogen (secondary N) is 1. The molecule has 29 heavy (non-hydrogen) atoms. The molecule has 2 aromatic carbocycles. The van der Waals surface area contributed by atoms with E-state index in [9.17, 15) is 13.2 Å². The van der Waals surface area contributed by atoms with Crippen LogP contribution in [0.2, 0.25) is 10.0 Å². The number of benzene rings is 2. The minimum Gasteiger partial charge on any atom is -0.495 e. The van der Waals surface area contributed by atoms with Crippen molar-refractivity contribution in [2.24, 2.45) is 0 Å². The van der Waals surface area contributed by atoms with E-state index in [4.69, 9.17) is 27.9 Å². The quantitative estimate of drug-likeness (QED) is 0.615. The molecule has 0 unspecified atom stereocenters. The average Bonchev–Trinajstić information content (AvgIpc) is 2.70. The van der Waals surface area contributed by atoms with Crippen molar-refractivity contribution in [3.63, 3.8) is 0 Å². The van der Waals surface area contributed by atoms with E-state index in [2.05, 4.69) is 5.32 Å².